The van der Waals surface area contributed by atoms with E-state index in [-0.39, 0.29) is 18.6 Å². The number of nitrogens with zero attached hydrogens (tertiary/aromatic N) is 1. The number of benzene rings is 2. The van der Waals surface area contributed by atoms with E-state index in [2.05, 4.69) is 0 Å². The van der Waals surface area contributed by atoms with E-state index in [0.29, 0.717) is 26.3 Å². The molecule has 0 bridgehead atoms. The van der Waals surface area contributed by atoms with Gasteiger partial charge in [-0.1, -0.05) is 60.4 Å². The summed E-state index contributed by atoms with van der Waals surface area (Å²) in [5.74, 6) is 0.326. The van der Waals surface area contributed by atoms with Gasteiger partial charge in [0.15, 0.2) is 17.5 Å². The zero-order valence-electron chi connectivity index (χ0n) is 18.4. The van der Waals surface area contributed by atoms with E-state index < -0.39 is 12.0 Å². The predicted octanol–water partition coefficient (Wildman–Crippen LogP) is 4.99. The quantitative estimate of drug-likeness (QED) is 0.305. The number of thiocarbonyl (C=S) groups is 1. The molecule has 32 heavy (non-hydrogen) atoms. The molecule has 0 aromatic heterocycles. The van der Waals surface area contributed by atoms with Crippen molar-refractivity contribution in [1.82, 2.24) is 4.90 Å². The van der Waals surface area contributed by atoms with E-state index in [0.717, 1.165) is 17.3 Å². The topological polar surface area (TPSA) is 65.1 Å². The molecular formula is C24H25NO5S2. The van der Waals surface area contributed by atoms with Crippen LogP contribution in [0.1, 0.15) is 37.9 Å². The first-order valence-electron chi connectivity index (χ1n) is 10.2. The second-order valence-corrected chi connectivity index (χ2v) is 8.87. The molecule has 1 atom stereocenters. The van der Waals surface area contributed by atoms with Crippen LogP contribution in [0.5, 0.6) is 11.5 Å². The largest absolute Gasteiger partial charge is 0.493 e. The number of amides is 1. The Morgan fingerprint density at radius 1 is 1.16 bits per heavy atom. The number of hydrogen-bond donors (Lipinski definition) is 0. The molecule has 1 amide bonds. The molecule has 0 N–H and O–H groups in total. The highest BCUT2D eigenvalue weighted by Crippen LogP contribution is 2.39. The summed E-state index contributed by atoms with van der Waals surface area (Å²) in [4.78, 5) is 27.8. The molecule has 1 heterocycles. The molecule has 2 aromatic rings. The summed E-state index contributed by atoms with van der Waals surface area (Å²) in [5, 5.41) is 0. The summed E-state index contributed by atoms with van der Waals surface area (Å²) in [6, 6.07) is 13.5. The maximum Gasteiger partial charge on any atom is 0.333 e. The predicted molar refractivity (Wildman–Crippen MR) is 130 cm³/mol. The van der Waals surface area contributed by atoms with Crippen LogP contribution in [-0.2, 0) is 14.3 Å². The SMILES string of the molecule is CCOC(=O)C(c1ccccc1)N1C(=O)/C(=C/c2ccc(OC(C)C)c(OC)c2)SC1=S. The Hall–Kier alpha value is -2.84. The maximum absolute atomic E-state index is 13.3. The number of ether oxygens (including phenoxy) is 3. The second-order valence-electron chi connectivity index (χ2n) is 7.19. The Balaban J connectivity index is 1.93. The van der Waals surface area contributed by atoms with Crippen LogP contribution in [0.15, 0.2) is 53.4 Å². The molecule has 0 saturated carbocycles. The minimum absolute atomic E-state index is 0.00352. The normalized spacial score (nSPS) is 15.9. The first-order chi connectivity index (χ1) is 15.3. The standard InChI is InChI=1S/C24H25NO5S2/c1-5-29-23(27)21(17-9-7-6-8-10-17)25-22(26)20(32-24(25)31)14-16-11-12-18(30-15(2)3)19(13-16)28-4/h6-15,21H,5H2,1-4H3/b20-14-. The van der Waals surface area contributed by atoms with Gasteiger partial charge in [0.25, 0.3) is 5.91 Å². The van der Waals surface area contributed by atoms with Gasteiger partial charge < -0.3 is 14.2 Å². The fraction of sp³-hybridized carbons (Fsp3) is 0.292. The van der Waals surface area contributed by atoms with Gasteiger partial charge in [0.1, 0.15) is 4.32 Å². The van der Waals surface area contributed by atoms with Crippen molar-refractivity contribution in [3.63, 3.8) is 0 Å². The molecule has 0 spiro atoms. The molecule has 0 radical (unpaired) electrons. The Morgan fingerprint density at radius 2 is 1.88 bits per heavy atom. The fourth-order valence-electron chi connectivity index (χ4n) is 3.23. The van der Waals surface area contributed by atoms with E-state index in [4.69, 9.17) is 26.4 Å². The van der Waals surface area contributed by atoms with Gasteiger partial charge in [0.05, 0.1) is 24.7 Å². The van der Waals surface area contributed by atoms with Gasteiger partial charge >= 0.3 is 5.97 Å². The molecule has 6 nitrogen and oxygen atoms in total. The number of carbonyl (C=O) groups excluding carboxylic acids is 2. The minimum atomic E-state index is -0.939. The Kier molecular flexibility index (Phi) is 7.93. The summed E-state index contributed by atoms with van der Waals surface area (Å²) in [6.45, 7) is 5.80. The van der Waals surface area contributed by atoms with Crippen molar-refractivity contribution in [1.29, 1.82) is 0 Å². The zero-order valence-corrected chi connectivity index (χ0v) is 20.0. The number of esters is 1. The molecular weight excluding hydrogens is 446 g/mol. The molecule has 1 aliphatic heterocycles. The fourth-order valence-corrected chi connectivity index (χ4v) is 4.54. The molecule has 2 aromatic carbocycles. The van der Waals surface area contributed by atoms with Crippen LogP contribution in [0.2, 0.25) is 0 Å². The molecule has 8 heteroatoms. The maximum atomic E-state index is 13.3. The molecule has 168 valence electrons. The van der Waals surface area contributed by atoms with Gasteiger partial charge in [-0.15, -0.1) is 0 Å². The molecule has 1 unspecified atom stereocenters. The van der Waals surface area contributed by atoms with E-state index in [9.17, 15) is 9.59 Å². The Labute approximate surface area is 197 Å². The third kappa shape index (κ3) is 5.31. The van der Waals surface area contributed by atoms with Crippen LogP contribution in [0.25, 0.3) is 6.08 Å². The molecule has 3 rings (SSSR count). The van der Waals surface area contributed by atoms with Gasteiger partial charge in [0, 0.05) is 0 Å². The van der Waals surface area contributed by atoms with E-state index in [1.165, 1.54) is 4.90 Å². The summed E-state index contributed by atoms with van der Waals surface area (Å²) >= 11 is 6.63. The van der Waals surface area contributed by atoms with Gasteiger partial charge in [-0.3, -0.25) is 9.69 Å². The minimum Gasteiger partial charge on any atom is -0.493 e. The highest BCUT2D eigenvalue weighted by molar-refractivity contribution is 8.26. The van der Waals surface area contributed by atoms with E-state index in [1.807, 2.05) is 38.1 Å². The van der Waals surface area contributed by atoms with Crippen molar-refractivity contribution in [2.24, 2.45) is 0 Å². The first kappa shape index (κ1) is 23.8. The lowest BCUT2D eigenvalue weighted by atomic mass is 10.1. The molecule has 1 fully saturated rings. The Morgan fingerprint density at radius 3 is 2.50 bits per heavy atom. The Bertz CT molecular complexity index is 1040. The highest BCUT2D eigenvalue weighted by Gasteiger charge is 2.42. The highest BCUT2D eigenvalue weighted by atomic mass is 32.2. The van der Waals surface area contributed by atoms with Gasteiger partial charge in [-0.05, 0) is 50.1 Å². The molecule has 1 saturated heterocycles. The average Bonchev–Trinajstić information content (AvgIpc) is 3.03. The monoisotopic (exact) mass is 471 g/mol. The molecule has 1 aliphatic rings. The van der Waals surface area contributed by atoms with Crippen LogP contribution in [0, 0.1) is 0 Å². The summed E-state index contributed by atoms with van der Waals surface area (Å²) in [6.07, 6.45) is 1.73. The lowest BCUT2D eigenvalue weighted by Crippen LogP contribution is -2.38. The second kappa shape index (κ2) is 10.7. The lowest BCUT2D eigenvalue weighted by molar-refractivity contribution is -0.151. The van der Waals surface area contributed by atoms with E-state index >= 15 is 0 Å². The summed E-state index contributed by atoms with van der Waals surface area (Å²) < 4.78 is 16.7. The lowest BCUT2D eigenvalue weighted by Gasteiger charge is -2.25. The van der Waals surface area contributed by atoms with Crippen molar-refractivity contribution < 1.29 is 23.8 Å². The number of carbonyl (C=O) groups is 2. The third-order valence-electron chi connectivity index (χ3n) is 4.56. The van der Waals surface area contributed by atoms with Crippen molar-refractivity contribution in [2.75, 3.05) is 13.7 Å². The number of rotatable bonds is 8. The van der Waals surface area contributed by atoms with Crippen LogP contribution in [0.4, 0.5) is 0 Å². The average molecular weight is 472 g/mol. The van der Waals surface area contributed by atoms with Gasteiger partial charge in [-0.25, -0.2) is 4.79 Å². The number of hydrogen-bond acceptors (Lipinski definition) is 7. The third-order valence-corrected chi connectivity index (χ3v) is 5.89. The number of thioether (sulfide) groups is 1. The zero-order chi connectivity index (χ0) is 23.3. The van der Waals surface area contributed by atoms with Crippen LogP contribution in [0.3, 0.4) is 0 Å². The van der Waals surface area contributed by atoms with E-state index in [1.54, 1.807) is 44.4 Å². The summed E-state index contributed by atoms with van der Waals surface area (Å²) in [7, 11) is 1.57. The molecule has 0 aliphatic carbocycles. The van der Waals surface area contributed by atoms with Crippen molar-refractivity contribution in [3.05, 3.63) is 64.6 Å². The summed E-state index contributed by atoms with van der Waals surface area (Å²) in [5.41, 5.74) is 1.39. The smallest absolute Gasteiger partial charge is 0.333 e. The van der Waals surface area contributed by atoms with Crippen LogP contribution in [-0.4, -0.2) is 40.9 Å². The van der Waals surface area contributed by atoms with Crippen LogP contribution < -0.4 is 9.47 Å². The number of methoxy groups -OCH3 is 1. The van der Waals surface area contributed by atoms with Crippen molar-refractivity contribution >= 4 is 46.3 Å². The van der Waals surface area contributed by atoms with Crippen molar-refractivity contribution in [3.8, 4) is 11.5 Å². The van der Waals surface area contributed by atoms with Gasteiger partial charge in [0.2, 0.25) is 0 Å². The van der Waals surface area contributed by atoms with Gasteiger partial charge in [-0.2, -0.15) is 0 Å². The first-order valence-corrected chi connectivity index (χ1v) is 11.4. The van der Waals surface area contributed by atoms with Crippen molar-refractivity contribution in [2.45, 2.75) is 32.9 Å². The van der Waals surface area contributed by atoms with Crippen LogP contribution >= 0.6 is 24.0 Å².